The summed E-state index contributed by atoms with van der Waals surface area (Å²) in [4.78, 5) is 23.1. The molecule has 0 aliphatic rings. The minimum Gasteiger partial charge on any atom is -0.474 e. The van der Waals surface area contributed by atoms with Gasteiger partial charge in [0.05, 0.1) is 0 Å². The molecule has 4 nitrogen and oxygen atoms in total. The van der Waals surface area contributed by atoms with Gasteiger partial charge in [-0.2, -0.15) is 0 Å². The van der Waals surface area contributed by atoms with Crippen LogP contribution in [-0.4, -0.2) is 23.5 Å². The number of halogens is 1. The Balaban J connectivity index is 3.02. The van der Waals surface area contributed by atoms with Gasteiger partial charge >= 0.3 is 11.9 Å². The predicted molar refractivity (Wildman–Crippen MR) is 59.8 cm³/mol. The molecule has 0 bridgehead atoms. The minimum absolute atomic E-state index is 0.321. The van der Waals surface area contributed by atoms with E-state index in [1.807, 2.05) is 6.07 Å². The predicted octanol–water partition coefficient (Wildman–Crippen LogP) is 1.89. The Morgan fingerprint density at radius 2 is 2.13 bits per heavy atom. The number of likely N-dealkylation sites (N-methyl/N-ethyl adjacent to an activating group) is 1. The van der Waals surface area contributed by atoms with Gasteiger partial charge in [-0.3, -0.25) is 4.79 Å². The van der Waals surface area contributed by atoms with Crippen molar-refractivity contribution in [3.63, 3.8) is 0 Å². The van der Waals surface area contributed by atoms with E-state index in [2.05, 4.69) is 15.9 Å². The molecule has 5 heteroatoms. The first kappa shape index (κ1) is 11.7. The van der Waals surface area contributed by atoms with Crippen LogP contribution >= 0.6 is 15.9 Å². The molecule has 1 rings (SSSR count). The van der Waals surface area contributed by atoms with Crippen LogP contribution in [0.15, 0.2) is 28.7 Å². The maximum Gasteiger partial charge on any atom is 0.394 e. The van der Waals surface area contributed by atoms with Gasteiger partial charge in [-0.05, 0) is 25.1 Å². The lowest BCUT2D eigenvalue weighted by atomic mass is 10.3. The number of carbonyl (C=O) groups excluding carboxylic acids is 1. The Bertz CT molecular complexity index is 392. The van der Waals surface area contributed by atoms with E-state index in [1.54, 1.807) is 25.1 Å². The van der Waals surface area contributed by atoms with Crippen molar-refractivity contribution in [2.75, 3.05) is 11.4 Å². The summed E-state index contributed by atoms with van der Waals surface area (Å²) in [5.74, 6) is -2.37. The van der Waals surface area contributed by atoms with Crippen LogP contribution < -0.4 is 4.90 Å². The first-order valence-electron chi connectivity index (χ1n) is 4.36. The number of aliphatic carboxylic acids is 1. The number of anilines is 1. The lowest BCUT2D eigenvalue weighted by Crippen LogP contribution is -2.36. The van der Waals surface area contributed by atoms with Gasteiger partial charge in [0.15, 0.2) is 0 Å². The van der Waals surface area contributed by atoms with Crippen molar-refractivity contribution in [2.24, 2.45) is 0 Å². The summed E-state index contributed by atoms with van der Waals surface area (Å²) in [6, 6.07) is 6.94. The van der Waals surface area contributed by atoms with Crippen molar-refractivity contribution < 1.29 is 14.7 Å². The molecule has 1 N–H and O–H groups in total. The number of nitrogens with zero attached hydrogens (tertiary/aromatic N) is 1. The molecule has 0 fully saturated rings. The summed E-state index contributed by atoms with van der Waals surface area (Å²) in [5.41, 5.74) is 0.569. The van der Waals surface area contributed by atoms with Crippen molar-refractivity contribution in [3.05, 3.63) is 28.7 Å². The van der Waals surface area contributed by atoms with Crippen molar-refractivity contribution in [2.45, 2.75) is 6.92 Å². The highest BCUT2D eigenvalue weighted by atomic mass is 79.9. The number of benzene rings is 1. The lowest BCUT2D eigenvalue weighted by molar-refractivity contribution is -0.148. The van der Waals surface area contributed by atoms with E-state index in [0.29, 0.717) is 12.2 Å². The molecule has 0 unspecified atom stereocenters. The van der Waals surface area contributed by atoms with Crippen LogP contribution in [0.25, 0.3) is 0 Å². The second kappa shape index (κ2) is 4.93. The fourth-order valence-electron chi connectivity index (χ4n) is 1.20. The topological polar surface area (TPSA) is 57.6 Å². The molecule has 15 heavy (non-hydrogen) atoms. The number of rotatable bonds is 2. The molecule has 0 radical (unpaired) electrons. The highest BCUT2D eigenvalue weighted by Crippen LogP contribution is 2.19. The third-order valence-corrected chi connectivity index (χ3v) is 2.36. The number of carbonyl (C=O) groups is 2. The molecule has 1 aromatic carbocycles. The van der Waals surface area contributed by atoms with Gasteiger partial charge in [0.2, 0.25) is 0 Å². The second-order valence-corrected chi connectivity index (χ2v) is 3.75. The molecule has 1 amide bonds. The SMILES string of the molecule is CCN(C(=O)C(=O)O)c1cccc(Br)c1. The van der Waals surface area contributed by atoms with E-state index in [9.17, 15) is 9.59 Å². The average Bonchev–Trinajstić information content (AvgIpc) is 2.18. The van der Waals surface area contributed by atoms with E-state index in [1.165, 1.54) is 4.90 Å². The Labute approximate surface area is 95.6 Å². The molecule has 0 saturated heterocycles. The quantitative estimate of drug-likeness (QED) is 0.836. The number of hydrogen-bond acceptors (Lipinski definition) is 2. The zero-order valence-electron chi connectivity index (χ0n) is 8.11. The smallest absolute Gasteiger partial charge is 0.394 e. The maximum absolute atomic E-state index is 11.3. The van der Waals surface area contributed by atoms with E-state index >= 15 is 0 Å². The molecule has 0 aromatic heterocycles. The normalized spacial score (nSPS) is 9.73. The highest BCUT2D eigenvalue weighted by molar-refractivity contribution is 9.10. The number of carboxylic acids is 1. The van der Waals surface area contributed by atoms with Gasteiger partial charge < -0.3 is 10.0 Å². The van der Waals surface area contributed by atoms with E-state index in [0.717, 1.165) is 4.47 Å². The van der Waals surface area contributed by atoms with Crippen LogP contribution in [-0.2, 0) is 9.59 Å². The molecular weight excluding hydrogens is 262 g/mol. The molecule has 0 spiro atoms. The second-order valence-electron chi connectivity index (χ2n) is 2.83. The summed E-state index contributed by atoms with van der Waals surface area (Å²) >= 11 is 3.26. The number of carboxylic acid groups (broad SMARTS) is 1. The third kappa shape index (κ3) is 2.79. The monoisotopic (exact) mass is 271 g/mol. The van der Waals surface area contributed by atoms with Crippen LogP contribution in [0.5, 0.6) is 0 Å². The van der Waals surface area contributed by atoms with Crippen LogP contribution in [0.3, 0.4) is 0 Å². The Hall–Kier alpha value is -1.36. The Kier molecular flexibility index (Phi) is 3.85. The van der Waals surface area contributed by atoms with Crippen LogP contribution in [0.4, 0.5) is 5.69 Å². The van der Waals surface area contributed by atoms with Crippen LogP contribution in [0.2, 0.25) is 0 Å². The minimum atomic E-state index is -1.45. The molecule has 80 valence electrons. The van der Waals surface area contributed by atoms with Crippen molar-refractivity contribution in [3.8, 4) is 0 Å². The van der Waals surface area contributed by atoms with Crippen LogP contribution in [0, 0.1) is 0 Å². The Morgan fingerprint density at radius 3 is 2.60 bits per heavy atom. The summed E-state index contributed by atoms with van der Waals surface area (Å²) in [7, 11) is 0. The summed E-state index contributed by atoms with van der Waals surface area (Å²) < 4.78 is 0.802. The van der Waals surface area contributed by atoms with Gasteiger partial charge in [-0.1, -0.05) is 22.0 Å². The summed E-state index contributed by atoms with van der Waals surface area (Å²) in [6.45, 7) is 2.04. The largest absolute Gasteiger partial charge is 0.474 e. The van der Waals surface area contributed by atoms with E-state index in [-0.39, 0.29) is 0 Å². The number of amides is 1. The fraction of sp³-hybridized carbons (Fsp3) is 0.200. The first-order valence-corrected chi connectivity index (χ1v) is 5.16. The molecule has 0 aliphatic carbocycles. The third-order valence-electron chi connectivity index (χ3n) is 1.86. The van der Waals surface area contributed by atoms with Crippen molar-refractivity contribution >= 4 is 33.5 Å². The van der Waals surface area contributed by atoms with Crippen LogP contribution in [0.1, 0.15) is 6.92 Å². The van der Waals surface area contributed by atoms with Crippen molar-refractivity contribution in [1.29, 1.82) is 0 Å². The van der Waals surface area contributed by atoms with Gasteiger partial charge in [-0.25, -0.2) is 4.79 Å². The lowest BCUT2D eigenvalue weighted by Gasteiger charge is -2.18. The van der Waals surface area contributed by atoms with Crippen molar-refractivity contribution in [1.82, 2.24) is 0 Å². The maximum atomic E-state index is 11.3. The van der Waals surface area contributed by atoms with Gasteiger partial charge in [0, 0.05) is 16.7 Å². The van der Waals surface area contributed by atoms with E-state index < -0.39 is 11.9 Å². The highest BCUT2D eigenvalue weighted by Gasteiger charge is 2.20. The summed E-state index contributed by atoms with van der Waals surface area (Å²) in [5, 5.41) is 8.61. The zero-order chi connectivity index (χ0) is 11.4. The standard InChI is InChI=1S/C10H10BrNO3/c1-2-12(9(13)10(14)15)8-5-3-4-7(11)6-8/h3-6H,2H2,1H3,(H,14,15). The molecule has 0 atom stereocenters. The molecule has 1 aromatic rings. The van der Waals surface area contributed by atoms with Gasteiger partial charge in [-0.15, -0.1) is 0 Å². The molecular formula is C10H10BrNO3. The number of hydrogen-bond donors (Lipinski definition) is 1. The molecule has 0 heterocycles. The summed E-state index contributed by atoms with van der Waals surface area (Å²) in [6.07, 6.45) is 0. The Morgan fingerprint density at radius 1 is 1.47 bits per heavy atom. The van der Waals surface area contributed by atoms with E-state index in [4.69, 9.17) is 5.11 Å². The molecule has 0 aliphatic heterocycles. The van der Waals surface area contributed by atoms with Gasteiger partial charge in [0.25, 0.3) is 0 Å². The fourth-order valence-corrected chi connectivity index (χ4v) is 1.59. The zero-order valence-corrected chi connectivity index (χ0v) is 9.69. The average molecular weight is 272 g/mol. The van der Waals surface area contributed by atoms with Gasteiger partial charge in [0.1, 0.15) is 0 Å². The first-order chi connectivity index (χ1) is 7.06. The molecule has 0 saturated carbocycles.